The topological polar surface area (TPSA) is 72.9 Å². The van der Waals surface area contributed by atoms with Crippen molar-refractivity contribution in [2.45, 2.75) is 19.9 Å². The van der Waals surface area contributed by atoms with Crippen LogP contribution in [0, 0.1) is 6.92 Å². The fourth-order valence-electron chi connectivity index (χ4n) is 2.08. The minimum absolute atomic E-state index is 0.0948. The number of benzene rings is 1. The lowest BCUT2D eigenvalue weighted by Gasteiger charge is -2.13. The Bertz CT molecular complexity index is 603. The van der Waals surface area contributed by atoms with Crippen LogP contribution in [0.15, 0.2) is 30.5 Å². The zero-order chi connectivity index (χ0) is 14.0. The molecule has 5 nitrogen and oxygen atoms in total. The van der Waals surface area contributed by atoms with Gasteiger partial charge in [0, 0.05) is 30.1 Å². The van der Waals surface area contributed by atoms with E-state index in [-0.39, 0.29) is 11.9 Å². The van der Waals surface area contributed by atoms with Crippen LogP contribution in [0.5, 0.6) is 0 Å². The number of carbonyl (C=O) groups excluding carboxylic acids is 1. The third kappa shape index (κ3) is 2.93. The van der Waals surface area contributed by atoms with Gasteiger partial charge in [0.15, 0.2) is 0 Å². The van der Waals surface area contributed by atoms with Gasteiger partial charge in [-0.05, 0) is 32.0 Å². The quantitative estimate of drug-likeness (QED) is 0.824. The van der Waals surface area contributed by atoms with Crippen molar-refractivity contribution in [2.75, 3.05) is 5.73 Å². The second-order valence-corrected chi connectivity index (χ2v) is 4.66. The number of hydrogen-bond donors (Lipinski definition) is 2. The van der Waals surface area contributed by atoms with E-state index in [1.165, 1.54) is 0 Å². The van der Waals surface area contributed by atoms with E-state index >= 15 is 0 Å². The largest absolute Gasteiger partial charge is 0.399 e. The van der Waals surface area contributed by atoms with Gasteiger partial charge in [-0.1, -0.05) is 6.07 Å². The maximum Gasteiger partial charge on any atom is 0.251 e. The number of aromatic nitrogens is 2. The van der Waals surface area contributed by atoms with E-state index in [9.17, 15) is 4.79 Å². The molecule has 1 unspecified atom stereocenters. The summed E-state index contributed by atoms with van der Waals surface area (Å²) in [6, 6.07) is 6.84. The summed E-state index contributed by atoms with van der Waals surface area (Å²) in [4.78, 5) is 12.1. The zero-order valence-corrected chi connectivity index (χ0v) is 11.3. The number of amides is 1. The van der Waals surface area contributed by atoms with Crippen molar-refractivity contribution < 1.29 is 4.79 Å². The first-order valence-corrected chi connectivity index (χ1v) is 6.14. The van der Waals surface area contributed by atoms with Crippen molar-refractivity contribution in [1.82, 2.24) is 15.1 Å². The number of hydrogen-bond acceptors (Lipinski definition) is 3. The first-order chi connectivity index (χ1) is 8.97. The van der Waals surface area contributed by atoms with Crippen molar-refractivity contribution in [3.63, 3.8) is 0 Å². The SMILES string of the molecule is Cc1nn(C)cc1C(C)NC(=O)c1cccc(N)c1. The van der Waals surface area contributed by atoms with E-state index in [1.54, 1.807) is 28.9 Å². The molecule has 0 aliphatic heterocycles. The van der Waals surface area contributed by atoms with Crippen molar-refractivity contribution in [3.8, 4) is 0 Å². The van der Waals surface area contributed by atoms with Crippen LogP contribution < -0.4 is 11.1 Å². The maximum absolute atomic E-state index is 12.1. The van der Waals surface area contributed by atoms with Gasteiger partial charge >= 0.3 is 0 Å². The molecule has 5 heteroatoms. The summed E-state index contributed by atoms with van der Waals surface area (Å²) in [5.74, 6) is -0.136. The lowest BCUT2D eigenvalue weighted by molar-refractivity contribution is 0.0940. The number of nitrogens with zero attached hydrogens (tertiary/aromatic N) is 2. The van der Waals surface area contributed by atoms with Crippen LogP contribution in [0.25, 0.3) is 0 Å². The van der Waals surface area contributed by atoms with Gasteiger partial charge in [-0.3, -0.25) is 9.48 Å². The molecule has 0 saturated carbocycles. The molecule has 2 aromatic rings. The summed E-state index contributed by atoms with van der Waals surface area (Å²) in [7, 11) is 1.86. The number of rotatable bonds is 3. The minimum Gasteiger partial charge on any atom is -0.399 e. The molecule has 0 saturated heterocycles. The predicted octanol–water partition coefficient (Wildman–Crippen LogP) is 1.80. The van der Waals surface area contributed by atoms with E-state index in [1.807, 2.05) is 27.1 Å². The molecule has 1 amide bonds. The van der Waals surface area contributed by atoms with E-state index in [2.05, 4.69) is 10.4 Å². The molecule has 1 atom stereocenters. The monoisotopic (exact) mass is 258 g/mol. The highest BCUT2D eigenvalue weighted by atomic mass is 16.1. The van der Waals surface area contributed by atoms with Crippen LogP contribution >= 0.6 is 0 Å². The fraction of sp³-hybridized carbons (Fsp3) is 0.286. The Hall–Kier alpha value is -2.30. The molecule has 0 aliphatic rings. The van der Waals surface area contributed by atoms with Crippen molar-refractivity contribution in [2.24, 2.45) is 7.05 Å². The second kappa shape index (κ2) is 5.14. The molecule has 3 N–H and O–H groups in total. The number of nitrogens with two attached hydrogens (primary N) is 1. The van der Waals surface area contributed by atoms with Crippen molar-refractivity contribution >= 4 is 11.6 Å². The summed E-state index contributed by atoms with van der Waals surface area (Å²) in [6.45, 7) is 3.87. The zero-order valence-electron chi connectivity index (χ0n) is 11.3. The number of carbonyl (C=O) groups is 1. The van der Waals surface area contributed by atoms with Gasteiger partial charge in [0.05, 0.1) is 11.7 Å². The molecule has 0 aliphatic carbocycles. The lowest BCUT2D eigenvalue weighted by atomic mass is 10.1. The fourth-order valence-corrected chi connectivity index (χ4v) is 2.08. The molecule has 100 valence electrons. The molecule has 0 radical (unpaired) electrons. The van der Waals surface area contributed by atoms with Gasteiger partial charge < -0.3 is 11.1 Å². The highest BCUT2D eigenvalue weighted by Gasteiger charge is 2.15. The smallest absolute Gasteiger partial charge is 0.251 e. The number of nitrogens with one attached hydrogen (secondary N) is 1. The lowest BCUT2D eigenvalue weighted by Crippen LogP contribution is -2.26. The Morgan fingerprint density at radius 1 is 1.47 bits per heavy atom. The Balaban J connectivity index is 2.13. The molecule has 1 heterocycles. The Kier molecular flexibility index (Phi) is 3.55. The summed E-state index contributed by atoms with van der Waals surface area (Å²) in [5.41, 5.74) is 8.75. The van der Waals surface area contributed by atoms with Crippen LogP contribution in [0.2, 0.25) is 0 Å². The minimum atomic E-state index is -0.136. The van der Waals surface area contributed by atoms with E-state index in [4.69, 9.17) is 5.73 Å². The van der Waals surface area contributed by atoms with Crippen molar-refractivity contribution in [1.29, 1.82) is 0 Å². The first kappa shape index (κ1) is 13.1. The van der Waals surface area contributed by atoms with E-state index in [0.29, 0.717) is 11.3 Å². The van der Waals surface area contributed by atoms with E-state index < -0.39 is 0 Å². The molecule has 1 aromatic carbocycles. The molecule has 19 heavy (non-hydrogen) atoms. The Morgan fingerprint density at radius 3 is 2.79 bits per heavy atom. The Morgan fingerprint density at radius 2 is 2.21 bits per heavy atom. The normalized spacial score (nSPS) is 12.2. The van der Waals surface area contributed by atoms with E-state index in [0.717, 1.165) is 11.3 Å². The number of anilines is 1. The average molecular weight is 258 g/mol. The molecule has 0 spiro atoms. The van der Waals surface area contributed by atoms with Crippen LogP contribution in [-0.2, 0) is 7.05 Å². The van der Waals surface area contributed by atoms with Crippen LogP contribution in [0.3, 0.4) is 0 Å². The molecule has 0 fully saturated rings. The third-order valence-corrected chi connectivity index (χ3v) is 3.01. The first-order valence-electron chi connectivity index (χ1n) is 6.14. The maximum atomic E-state index is 12.1. The van der Waals surface area contributed by atoms with Gasteiger partial charge in [0.2, 0.25) is 0 Å². The highest BCUT2D eigenvalue weighted by Crippen LogP contribution is 2.16. The summed E-state index contributed by atoms with van der Waals surface area (Å²) < 4.78 is 1.74. The molecule has 1 aromatic heterocycles. The summed E-state index contributed by atoms with van der Waals surface area (Å²) in [5, 5.41) is 7.22. The van der Waals surface area contributed by atoms with Crippen molar-refractivity contribution in [3.05, 3.63) is 47.3 Å². The van der Waals surface area contributed by atoms with Gasteiger partial charge in [-0.25, -0.2) is 0 Å². The standard InChI is InChI=1S/C14H18N4O/c1-9(13-8-18(3)17-10(13)2)16-14(19)11-5-4-6-12(15)7-11/h4-9H,15H2,1-3H3,(H,16,19). The highest BCUT2D eigenvalue weighted by molar-refractivity contribution is 5.95. The third-order valence-electron chi connectivity index (χ3n) is 3.01. The second-order valence-electron chi connectivity index (χ2n) is 4.66. The van der Waals surface area contributed by atoms with Gasteiger partial charge in [0.25, 0.3) is 5.91 Å². The molecular weight excluding hydrogens is 240 g/mol. The predicted molar refractivity (Wildman–Crippen MR) is 74.7 cm³/mol. The summed E-state index contributed by atoms with van der Waals surface area (Å²) in [6.07, 6.45) is 1.92. The number of nitrogen functional groups attached to an aromatic ring is 1. The van der Waals surface area contributed by atoms with Gasteiger partial charge in [-0.15, -0.1) is 0 Å². The summed E-state index contributed by atoms with van der Waals surface area (Å²) >= 11 is 0. The van der Waals surface area contributed by atoms with Gasteiger partial charge in [-0.2, -0.15) is 5.10 Å². The molecule has 0 bridgehead atoms. The van der Waals surface area contributed by atoms with Gasteiger partial charge in [0.1, 0.15) is 0 Å². The number of aryl methyl sites for hydroxylation is 2. The van der Waals surface area contributed by atoms with Crippen LogP contribution in [-0.4, -0.2) is 15.7 Å². The molecule has 2 rings (SSSR count). The van der Waals surface area contributed by atoms with Crippen LogP contribution in [0.4, 0.5) is 5.69 Å². The van der Waals surface area contributed by atoms with Crippen LogP contribution in [0.1, 0.15) is 34.6 Å². The molecular formula is C14H18N4O. The Labute approximate surface area is 112 Å². The average Bonchev–Trinajstić information content (AvgIpc) is 2.68.